The number of rotatable bonds is 4. The summed E-state index contributed by atoms with van der Waals surface area (Å²) in [5.74, 6) is 0.100. The van der Waals surface area contributed by atoms with Crippen LogP contribution in [-0.4, -0.2) is 44.2 Å². The maximum atomic E-state index is 13.9. The summed E-state index contributed by atoms with van der Waals surface area (Å²) in [6.45, 7) is 6.18. The van der Waals surface area contributed by atoms with Crippen molar-refractivity contribution in [3.05, 3.63) is 60.3 Å². The molecule has 4 aliphatic carbocycles. The Morgan fingerprint density at radius 3 is 2.81 bits per heavy atom. The molecule has 194 valence electrons. The highest BCUT2D eigenvalue weighted by Gasteiger charge is 2.70. The molecule has 3 saturated carbocycles. The van der Waals surface area contributed by atoms with Crippen molar-refractivity contribution >= 4 is 34.1 Å². The van der Waals surface area contributed by atoms with Crippen LogP contribution < -0.4 is 0 Å². The molecule has 3 fully saturated rings. The minimum absolute atomic E-state index is 0.0196. The van der Waals surface area contributed by atoms with Crippen LogP contribution in [0, 0.1) is 34.5 Å². The zero-order valence-corrected chi connectivity index (χ0v) is 22.5. The van der Waals surface area contributed by atoms with Gasteiger partial charge in [0.2, 0.25) is 0 Å². The van der Waals surface area contributed by atoms with Gasteiger partial charge in [0, 0.05) is 28.3 Å². The number of carbonyl (C=O) groups is 2. The first-order valence-corrected chi connectivity index (χ1v) is 14.4. The van der Waals surface area contributed by atoms with Gasteiger partial charge < -0.3 is 10.2 Å². The maximum absolute atomic E-state index is 13.9. The second kappa shape index (κ2) is 8.62. The molecule has 0 spiro atoms. The molecule has 6 rings (SSSR count). The number of pyridine rings is 1. The van der Waals surface area contributed by atoms with E-state index in [-0.39, 0.29) is 46.4 Å². The largest absolute Gasteiger partial charge is 0.393 e. The van der Waals surface area contributed by atoms with Crippen molar-refractivity contribution < 1.29 is 19.8 Å². The van der Waals surface area contributed by atoms with Gasteiger partial charge >= 0.3 is 0 Å². The van der Waals surface area contributed by atoms with E-state index in [0.29, 0.717) is 6.42 Å². The molecule has 0 saturated heterocycles. The van der Waals surface area contributed by atoms with E-state index in [0.717, 1.165) is 40.6 Å². The highest BCUT2D eigenvalue weighted by molar-refractivity contribution is 8.00. The molecule has 0 amide bonds. The zero-order chi connectivity index (χ0) is 26.2. The lowest BCUT2D eigenvalue weighted by Crippen LogP contribution is -2.62. The average molecular weight is 518 g/mol. The molecule has 0 bridgehead atoms. The van der Waals surface area contributed by atoms with Crippen molar-refractivity contribution in [1.29, 1.82) is 0 Å². The molecule has 1 aromatic heterocycles. The Morgan fingerprint density at radius 1 is 1.22 bits per heavy atom. The number of hydrogen-bond donors (Lipinski definition) is 2. The van der Waals surface area contributed by atoms with Gasteiger partial charge in [-0.15, -0.1) is 0 Å². The third-order valence-corrected chi connectivity index (χ3v) is 11.5. The van der Waals surface area contributed by atoms with E-state index in [9.17, 15) is 19.8 Å². The third-order valence-electron chi connectivity index (χ3n) is 10.5. The standard InChI is InChI=1S/C31H35NO4S/c1-18-14-24-23-9-8-20-15-21(33)10-12-29(20,2)27(23)25(34)16-30(24,3)31(18,36)26(35)17-37-28-22-7-5-4-6-19(22)11-13-32-28/h4-7,10-13,15,18,23-25,27,34,36H,8-9,14,16-17H2,1-3H3/t18-,23?,24?,25+,27?,29?,30?,31+/m1/s1. The molecular formula is C31H35NO4S. The number of aliphatic hydroxyl groups excluding tert-OH is 1. The number of benzene rings is 1. The highest BCUT2D eigenvalue weighted by atomic mass is 32.2. The molecule has 1 aromatic carbocycles. The molecule has 6 heteroatoms. The molecule has 5 unspecified atom stereocenters. The summed E-state index contributed by atoms with van der Waals surface area (Å²) >= 11 is 1.39. The fraction of sp³-hybridized carbons (Fsp3) is 0.516. The first kappa shape index (κ1) is 25.0. The second-order valence-electron chi connectivity index (χ2n) is 12.2. The summed E-state index contributed by atoms with van der Waals surface area (Å²) in [6.07, 6.45) is 9.33. The van der Waals surface area contributed by atoms with Crippen LogP contribution in [-0.2, 0) is 9.59 Å². The van der Waals surface area contributed by atoms with Gasteiger partial charge in [-0.05, 0) is 67.0 Å². The number of allylic oxidation sites excluding steroid dienone is 4. The summed E-state index contributed by atoms with van der Waals surface area (Å²) in [7, 11) is 0. The smallest absolute Gasteiger partial charge is 0.178 e. The normalized spacial score (nSPS) is 40.6. The number of nitrogens with zero attached hydrogens (tertiary/aromatic N) is 1. The van der Waals surface area contributed by atoms with Crippen LogP contribution in [0.1, 0.15) is 46.5 Å². The summed E-state index contributed by atoms with van der Waals surface area (Å²) < 4.78 is 0. The molecule has 4 aliphatic rings. The second-order valence-corrected chi connectivity index (χ2v) is 13.1. The van der Waals surface area contributed by atoms with E-state index in [2.05, 4.69) is 11.9 Å². The molecule has 0 aliphatic heterocycles. The number of thioether (sulfide) groups is 1. The van der Waals surface area contributed by atoms with E-state index in [1.54, 1.807) is 18.3 Å². The monoisotopic (exact) mass is 517 g/mol. The van der Waals surface area contributed by atoms with Crippen LogP contribution in [0.2, 0.25) is 0 Å². The van der Waals surface area contributed by atoms with Crippen molar-refractivity contribution in [3.63, 3.8) is 0 Å². The number of hydrogen-bond acceptors (Lipinski definition) is 6. The van der Waals surface area contributed by atoms with E-state index in [4.69, 9.17) is 0 Å². The zero-order valence-electron chi connectivity index (χ0n) is 21.7. The van der Waals surface area contributed by atoms with Crippen molar-refractivity contribution in [3.8, 4) is 0 Å². The number of carbonyl (C=O) groups excluding carboxylic acids is 2. The first-order valence-electron chi connectivity index (χ1n) is 13.4. The first-order chi connectivity index (χ1) is 17.6. The lowest BCUT2D eigenvalue weighted by atomic mass is 9.46. The molecule has 8 atom stereocenters. The Labute approximate surface area is 222 Å². The summed E-state index contributed by atoms with van der Waals surface area (Å²) in [5, 5.41) is 26.8. The van der Waals surface area contributed by atoms with Crippen molar-refractivity contribution in [2.45, 2.75) is 63.2 Å². The minimum Gasteiger partial charge on any atom is -0.393 e. The Bertz CT molecular complexity index is 1350. The van der Waals surface area contributed by atoms with Crippen LogP contribution in [0.15, 0.2) is 65.4 Å². The number of aliphatic hydroxyl groups is 2. The van der Waals surface area contributed by atoms with Crippen LogP contribution in [0.3, 0.4) is 0 Å². The molecule has 1 heterocycles. The predicted molar refractivity (Wildman–Crippen MR) is 145 cm³/mol. The van der Waals surface area contributed by atoms with Crippen molar-refractivity contribution in [1.82, 2.24) is 4.98 Å². The highest BCUT2D eigenvalue weighted by Crippen LogP contribution is 2.68. The van der Waals surface area contributed by atoms with E-state index >= 15 is 0 Å². The lowest BCUT2D eigenvalue weighted by molar-refractivity contribution is -0.179. The summed E-state index contributed by atoms with van der Waals surface area (Å²) in [5.41, 5.74) is -1.46. The van der Waals surface area contributed by atoms with E-state index in [1.165, 1.54) is 11.8 Å². The molecule has 5 nitrogen and oxygen atoms in total. The van der Waals surface area contributed by atoms with Crippen LogP contribution in [0.4, 0.5) is 0 Å². The summed E-state index contributed by atoms with van der Waals surface area (Å²) in [4.78, 5) is 30.5. The van der Waals surface area contributed by atoms with Gasteiger partial charge in [-0.2, -0.15) is 0 Å². The van der Waals surface area contributed by atoms with Crippen LogP contribution >= 0.6 is 11.8 Å². The SMILES string of the molecule is C[C@@H]1CC2C3CCC4=CC(=O)C=CC4(C)C3[C@@H](O)CC2(C)[C@@]1(O)C(=O)CSc1nccc2ccccc12. The molecule has 37 heavy (non-hydrogen) atoms. The maximum Gasteiger partial charge on any atom is 0.178 e. The fourth-order valence-corrected chi connectivity index (χ4v) is 9.67. The Hall–Kier alpha value is -2.28. The third kappa shape index (κ3) is 3.48. The molecule has 2 N–H and O–H groups in total. The van der Waals surface area contributed by atoms with Crippen LogP contribution in [0.25, 0.3) is 10.8 Å². The van der Waals surface area contributed by atoms with Gasteiger partial charge in [-0.25, -0.2) is 4.98 Å². The Balaban J connectivity index is 1.29. The van der Waals surface area contributed by atoms with E-state index in [1.807, 2.05) is 50.3 Å². The Morgan fingerprint density at radius 2 is 2.00 bits per heavy atom. The van der Waals surface area contributed by atoms with Gasteiger partial charge in [0.25, 0.3) is 0 Å². The number of fused-ring (bicyclic) bond motifs is 6. The quantitative estimate of drug-likeness (QED) is 0.546. The minimum atomic E-state index is -1.50. The average Bonchev–Trinajstić information content (AvgIpc) is 3.08. The number of ketones is 2. The predicted octanol–water partition coefficient (Wildman–Crippen LogP) is 5.15. The van der Waals surface area contributed by atoms with Gasteiger partial charge in [-0.3, -0.25) is 9.59 Å². The van der Waals surface area contributed by atoms with Crippen LogP contribution in [0.5, 0.6) is 0 Å². The molecule has 2 aromatic rings. The van der Waals surface area contributed by atoms with Gasteiger partial charge in [-0.1, -0.05) is 68.4 Å². The molecular weight excluding hydrogens is 482 g/mol. The number of aromatic nitrogens is 1. The number of Topliss-reactive ketones (excluding diaryl/α,β-unsaturated/α-hetero) is 1. The van der Waals surface area contributed by atoms with E-state index < -0.39 is 17.1 Å². The topological polar surface area (TPSA) is 87.5 Å². The van der Waals surface area contributed by atoms with Gasteiger partial charge in [0.1, 0.15) is 10.6 Å². The van der Waals surface area contributed by atoms with Crippen molar-refractivity contribution in [2.24, 2.45) is 34.5 Å². The van der Waals surface area contributed by atoms with Crippen molar-refractivity contribution in [2.75, 3.05) is 5.75 Å². The lowest BCUT2D eigenvalue weighted by Gasteiger charge is -2.59. The fourth-order valence-electron chi connectivity index (χ4n) is 8.70. The molecule has 0 radical (unpaired) electrons. The summed E-state index contributed by atoms with van der Waals surface area (Å²) in [6, 6.07) is 9.96. The van der Waals surface area contributed by atoms with Gasteiger partial charge in [0.15, 0.2) is 11.6 Å². The Kier molecular flexibility index (Phi) is 5.83. The van der Waals surface area contributed by atoms with Gasteiger partial charge in [0.05, 0.1) is 11.9 Å².